The summed E-state index contributed by atoms with van der Waals surface area (Å²) in [6, 6.07) is 4.36. The zero-order valence-corrected chi connectivity index (χ0v) is 15.7. The van der Waals surface area contributed by atoms with Crippen LogP contribution in [0.1, 0.15) is 31.7 Å². The lowest BCUT2D eigenvalue weighted by molar-refractivity contribution is 0.182. The fourth-order valence-electron chi connectivity index (χ4n) is 2.70. The van der Waals surface area contributed by atoms with Gasteiger partial charge in [-0.05, 0) is 88.8 Å². The molecule has 1 unspecified atom stereocenters. The van der Waals surface area contributed by atoms with Crippen molar-refractivity contribution in [3.05, 3.63) is 26.6 Å². The third kappa shape index (κ3) is 5.55. The van der Waals surface area contributed by atoms with Gasteiger partial charge in [0, 0.05) is 12.6 Å². The topological polar surface area (TPSA) is 38.5 Å². The average Bonchev–Trinajstić information content (AvgIpc) is 2.42. The van der Waals surface area contributed by atoms with Gasteiger partial charge in [-0.15, -0.1) is 0 Å². The molecule has 5 heteroatoms. The SMILES string of the molecule is CC(N)Cc1cc(Br)c(OCCN2CCCCC2)c(Br)c1. The molecule has 1 aliphatic rings. The number of piperidine rings is 1. The van der Waals surface area contributed by atoms with Gasteiger partial charge in [-0.25, -0.2) is 0 Å². The fourth-order valence-corrected chi connectivity index (χ4v) is 4.21. The van der Waals surface area contributed by atoms with E-state index >= 15 is 0 Å². The van der Waals surface area contributed by atoms with Gasteiger partial charge in [-0.2, -0.15) is 0 Å². The van der Waals surface area contributed by atoms with Crippen LogP contribution in [0.3, 0.4) is 0 Å². The first kappa shape index (κ1) is 17.3. The molecule has 0 saturated carbocycles. The Labute approximate surface area is 144 Å². The van der Waals surface area contributed by atoms with Crippen molar-refractivity contribution in [1.29, 1.82) is 0 Å². The molecule has 118 valence electrons. The van der Waals surface area contributed by atoms with Crippen LogP contribution in [-0.2, 0) is 6.42 Å². The monoisotopic (exact) mass is 418 g/mol. The standard InChI is InChI=1S/C16H24Br2N2O/c1-12(19)9-13-10-14(17)16(15(18)11-13)21-8-7-20-5-3-2-4-6-20/h10-12H,2-9,19H2,1H3. The Morgan fingerprint density at radius 3 is 2.38 bits per heavy atom. The quantitative estimate of drug-likeness (QED) is 0.758. The van der Waals surface area contributed by atoms with Crippen LogP contribution < -0.4 is 10.5 Å². The van der Waals surface area contributed by atoms with Crippen molar-refractivity contribution in [3.8, 4) is 5.75 Å². The van der Waals surface area contributed by atoms with Gasteiger partial charge >= 0.3 is 0 Å². The molecule has 0 aromatic heterocycles. The molecule has 1 atom stereocenters. The summed E-state index contributed by atoms with van der Waals surface area (Å²) in [7, 11) is 0. The van der Waals surface area contributed by atoms with Crippen LogP contribution in [0.25, 0.3) is 0 Å². The summed E-state index contributed by atoms with van der Waals surface area (Å²) in [5.74, 6) is 0.889. The molecule has 1 saturated heterocycles. The predicted molar refractivity (Wildman–Crippen MR) is 95.0 cm³/mol. The molecule has 1 fully saturated rings. The third-order valence-electron chi connectivity index (χ3n) is 3.72. The van der Waals surface area contributed by atoms with Gasteiger partial charge in [0.05, 0.1) is 8.95 Å². The largest absolute Gasteiger partial charge is 0.490 e. The van der Waals surface area contributed by atoms with Gasteiger partial charge in [-0.3, -0.25) is 4.90 Å². The first-order chi connectivity index (χ1) is 10.1. The number of likely N-dealkylation sites (tertiary alicyclic amines) is 1. The highest BCUT2D eigenvalue weighted by Crippen LogP contribution is 2.35. The van der Waals surface area contributed by atoms with E-state index < -0.39 is 0 Å². The number of hydrogen-bond acceptors (Lipinski definition) is 3. The molecule has 0 amide bonds. The Balaban J connectivity index is 1.90. The molecular weight excluding hydrogens is 396 g/mol. The molecule has 21 heavy (non-hydrogen) atoms. The fraction of sp³-hybridized carbons (Fsp3) is 0.625. The molecule has 0 spiro atoms. The summed E-state index contributed by atoms with van der Waals surface area (Å²) in [6.45, 7) is 6.16. The van der Waals surface area contributed by atoms with Gasteiger partial charge in [0.2, 0.25) is 0 Å². The van der Waals surface area contributed by atoms with Gasteiger partial charge < -0.3 is 10.5 Å². The Morgan fingerprint density at radius 1 is 1.19 bits per heavy atom. The highest BCUT2D eigenvalue weighted by molar-refractivity contribution is 9.11. The molecule has 1 aromatic carbocycles. The van der Waals surface area contributed by atoms with Crippen molar-refractivity contribution in [2.45, 2.75) is 38.6 Å². The molecule has 1 aromatic rings. The number of rotatable bonds is 6. The van der Waals surface area contributed by atoms with Gasteiger partial charge in [-0.1, -0.05) is 6.42 Å². The van der Waals surface area contributed by atoms with E-state index in [4.69, 9.17) is 10.5 Å². The summed E-state index contributed by atoms with van der Waals surface area (Å²) in [5, 5.41) is 0. The van der Waals surface area contributed by atoms with E-state index in [0.29, 0.717) is 0 Å². The minimum Gasteiger partial charge on any atom is -0.490 e. The van der Waals surface area contributed by atoms with Crippen molar-refractivity contribution in [2.24, 2.45) is 5.73 Å². The van der Waals surface area contributed by atoms with Crippen LogP contribution in [0.2, 0.25) is 0 Å². The van der Waals surface area contributed by atoms with E-state index in [0.717, 1.165) is 34.3 Å². The number of hydrogen-bond donors (Lipinski definition) is 1. The van der Waals surface area contributed by atoms with Gasteiger partial charge in [0.15, 0.2) is 0 Å². The zero-order valence-electron chi connectivity index (χ0n) is 12.6. The minimum atomic E-state index is 0.162. The van der Waals surface area contributed by atoms with Crippen molar-refractivity contribution in [3.63, 3.8) is 0 Å². The summed E-state index contributed by atoms with van der Waals surface area (Å²) in [4.78, 5) is 2.48. The van der Waals surface area contributed by atoms with E-state index in [2.05, 4.69) is 48.9 Å². The second-order valence-electron chi connectivity index (χ2n) is 5.82. The van der Waals surface area contributed by atoms with Crippen LogP contribution in [0.4, 0.5) is 0 Å². The summed E-state index contributed by atoms with van der Waals surface area (Å²) in [6.07, 6.45) is 4.87. The molecule has 2 N–H and O–H groups in total. The summed E-state index contributed by atoms with van der Waals surface area (Å²) < 4.78 is 7.95. The second-order valence-corrected chi connectivity index (χ2v) is 7.53. The summed E-state index contributed by atoms with van der Waals surface area (Å²) >= 11 is 7.21. The number of nitrogens with two attached hydrogens (primary N) is 1. The van der Waals surface area contributed by atoms with Crippen LogP contribution in [0.5, 0.6) is 5.75 Å². The minimum absolute atomic E-state index is 0.162. The van der Waals surface area contributed by atoms with E-state index in [1.165, 1.54) is 37.9 Å². The lowest BCUT2D eigenvalue weighted by Gasteiger charge is -2.26. The number of nitrogens with zero attached hydrogens (tertiary/aromatic N) is 1. The van der Waals surface area contributed by atoms with Crippen molar-refractivity contribution >= 4 is 31.9 Å². The van der Waals surface area contributed by atoms with Crippen molar-refractivity contribution in [1.82, 2.24) is 4.90 Å². The Hall–Kier alpha value is -0.100. The first-order valence-corrected chi connectivity index (χ1v) is 9.23. The van der Waals surface area contributed by atoms with Crippen LogP contribution >= 0.6 is 31.9 Å². The van der Waals surface area contributed by atoms with Crippen LogP contribution in [0, 0.1) is 0 Å². The average molecular weight is 420 g/mol. The maximum atomic E-state index is 5.96. The molecule has 0 aliphatic carbocycles. The smallest absolute Gasteiger partial charge is 0.147 e. The Morgan fingerprint density at radius 2 is 1.81 bits per heavy atom. The molecule has 1 aliphatic heterocycles. The zero-order chi connectivity index (χ0) is 15.2. The molecule has 3 nitrogen and oxygen atoms in total. The molecule has 1 heterocycles. The maximum Gasteiger partial charge on any atom is 0.147 e. The lowest BCUT2D eigenvalue weighted by atomic mass is 10.1. The maximum absolute atomic E-state index is 5.96. The number of halogens is 2. The molecule has 0 radical (unpaired) electrons. The second kappa shape index (κ2) is 8.51. The van der Waals surface area contributed by atoms with E-state index in [9.17, 15) is 0 Å². The van der Waals surface area contributed by atoms with Gasteiger partial charge in [0.25, 0.3) is 0 Å². The van der Waals surface area contributed by atoms with E-state index in [-0.39, 0.29) is 6.04 Å². The predicted octanol–water partition coefficient (Wildman–Crippen LogP) is 3.97. The van der Waals surface area contributed by atoms with E-state index in [1.54, 1.807) is 0 Å². The molecular formula is C16H24Br2N2O. The number of ether oxygens (including phenoxy) is 1. The lowest BCUT2D eigenvalue weighted by Crippen LogP contribution is -2.33. The van der Waals surface area contributed by atoms with Gasteiger partial charge in [0.1, 0.15) is 12.4 Å². The number of benzene rings is 1. The van der Waals surface area contributed by atoms with Crippen LogP contribution in [-0.4, -0.2) is 37.2 Å². The molecule has 0 bridgehead atoms. The van der Waals surface area contributed by atoms with Crippen molar-refractivity contribution < 1.29 is 4.74 Å². The third-order valence-corrected chi connectivity index (χ3v) is 4.90. The normalized spacial score (nSPS) is 17.7. The van der Waals surface area contributed by atoms with E-state index in [1.807, 2.05) is 6.92 Å². The highest BCUT2D eigenvalue weighted by Gasteiger charge is 2.12. The highest BCUT2D eigenvalue weighted by atomic mass is 79.9. The Kier molecular flexibility index (Phi) is 6.99. The van der Waals surface area contributed by atoms with Crippen LogP contribution in [0.15, 0.2) is 21.1 Å². The summed E-state index contributed by atoms with van der Waals surface area (Å²) in [5.41, 5.74) is 7.07. The molecule has 2 rings (SSSR count). The first-order valence-electron chi connectivity index (χ1n) is 7.65. The van der Waals surface area contributed by atoms with Crippen molar-refractivity contribution in [2.75, 3.05) is 26.2 Å². The Bertz CT molecular complexity index is 437.